The normalized spacial score (nSPS) is 17.9. The molecule has 0 spiro atoms. The van der Waals surface area contributed by atoms with Crippen LogP contribution < -0.4 is 10.9 Å². The van der Waals surface area contributed by atoms with Crippen molar-refractivity contribution in [3.63, 3.8) is 0 Å². The second-order valence-corrected chi connectivity index (χ2v) is 7.60. The van der Waals surface area contributed by atoms with Crippen LogP contribution in [0.15, 0.2) is 28.7 Å². The largest absolute Gasteiger partial charge is 0.325 e. The summed E-state index contributed by atoms with van der Waals surface area (Å²) in [6.07, 6.45) is 3.37. The number of rotatable bonds is 2. The Labute approximate surface area is 161 Å². The van der Waals surface area contributed by atoms with E-state index in [0.29, 0.717) is 31.5 Å². The Bertz CT molecular complexity index is 666. The number of hydrogen-bond donors (Lipinski definition) is 2. The molecule has 26 heavy (non-hydrogen) atoms. The van der Waals surface area contributed by atoms with Crippen molar-refractivity contribution >= 4 is 33.8 Å². The van der Waals surface area contributed by atoms with Crippen molar-refractivity contribution in [3.8, 4) is 0 Å². The van der Waals surface area contributed by atoms with E-state index in [1.807, 2.05) is 9.80 Å². The van der Waals surface area contributed by atoms with Crippen molar-refractivity contribution in [1.29, 1.82) is 0 Å². The molecule has 7 nitrogen and oxygen atoms in total. The Balaban J connectivity index is 1.42. The smallest absolute Gasteiger partial charge is 0.319 e. The van der Waals surface area contributed by atoms with Gasteiger partial charge in [-0.25, -0.2) is 4.79 Å². The van der Waals surface area contributed by atoms with Gasteiger partial charge in [-0.2, -0.15) is 0 Å². The molecule has 2 fully saturated rings. The molecule has 8 heteroatoms. The number of benzene rings is 1. The lowest BCUT2D eigenvalue weighted by Gasteiger charge is -2.34. The van der Waals surface area contributed by atoms with Gasteiger partial charge in [0, 0.05) is 42.1 Å². The molecule has 0 saturated carbocycles. The molecule has 1 aromatic carbocycles. The maximum atomic E-state index is 12.4. The van der Waals surface area contributed by atoms with Gasteiger partial charge in [-0.15, -0.1) is 0 Å². The molecule has 2 aliphatic heterocycles. The fraction of sp³-hybridized carbons (Fsp3) is 0.500. The first-order valence-electron chi connectivity index (χ1n) is 8.94. The summed E-state index contributed by atoms with van der Waals surface area (Å²) >= 11 is 3.31. The van der Waals surface area contributed by atoms with Gasteiger partial charge in [0.15, 0.2) is 0 Å². The Kier molecular flexibility index (Phi) is 6.13. The molecule has 3 rings (SSSR count). The van der Waals surface area contributed by atoms with Crippen LogP contribution in [-0.2, 0) is 4.79 Å². The van der Waals surface area contributed by atoms with Crippen LogP contribution in [0.2, 0.25) is 0 Å². The molecule has 1 aromatic rings. The van der Waals surface area contributed by atoms with E-state index < -0.39 is 0 Å². The van der Waals surface area contributed by atoms with Gasteiger partial charge in [0.1, 0.15) is 0 Å². The summed E-state index contributed by atoms with van der Waals surface area (Å²) in [5.74, 6) is -0.751. The summed E-state index contributed by atoms with van der Waals surface area (Å²) < 4.78 is 0.883. The standard InChI is InChI=1S/C18H23BrN4O3/c19-15-5-3-13(4-6-15)16(24)20-21-17(25)14-7-11-23(12-8-14)18(26)22-9-1-2-10-22/h3-6,14H,1-2,7-12H2,(H,20,24)(H,21,25). The maximum Gasteiger partial charge on any atom is 0.319 e. The fourth-order valence-corrected chi connectivity index (χ4v) is 3.60. The summed E-state index contributed by atoms with van der Waals surface area (Å²) in [6, 6.07) is 6.97. The highest BCUT2D eigenvalue weighted by atomic mass is 79.9. The molecule has 140 valence electrons. The van der Waals surface area contributed by atoms with Gasteiger partial charge < -0.3 is 9.80 Å². The zero-order valence-corrected chi connectivity index (χ0v) is 16.1. The first-order chi connectivity index (χ1) is 12.5. The van der Waals surface area contributed by atoms with E-state index in [2.05, 4.69) is 26.8 Å². The number of nitrogens with one attached hydrogen (secondary N) is 2. The van der Waals surface area contributed by atoms with Crippen molar-refractivity contribution < 1.29 is 14.4 Å². The molecule has 0 aliphatic carbocycles. The highest BCUT2D eigenvalue weighted by Gasteiger charge is 2.30. The minimum Gasteiger partial charge on any atom is -0.325 e. The number of nitrogens with zero attached hydrogens (tertiary/aromatic N) is 2. The molecule has 0 bridgehead atoms. The number of hydrazine groups is 1. The van der Waals surface area contributed by atoms with Gasteiger partial charge in [-0.05, 0) is 49.9 Å². The number of carbonyl (C=O) groups excluding carboxylic acids is 3. The number of hydrogen-bond acceptors (Lipinski definition) is 3. The van der Waals surface area contributed by atoms with Crippen molar-refractivity contribution in [2.75, 3.05) is 26.2 Å². The average molecular weight is 423 g/mol. The van der Waals surface area contributed by atoms with Crippen LogP contribution in [0.3, 0.4) is 0 Å². The minimum absolute atomic E-state index is 0.0879. The van der Waals surface area contributed by atoms with Crippen LogP contribution in [0.25, 0.3) is 0 Å². The van der Waals surface area contributed by atoms with E-state index in [1.165, 1.54) is 0 Å². The van der Waals surface area contributed by atoms with Crippen LogP contribution in [0.5, 0.6) is 0 Å². The number of halogens is 1. The predicted octanol–water partition coefficient (Wildman–Crippen LogP) is 2.14. The number of carbonyl (C=O) groups is 3. The van der Waals surface area contributed by atoms with Crippen LogP contribution in [-0.4, -0.2) is 53.8 Å². The van der Waals surface area contributed by atoms with E-state index in [-0.39, 0.29) is 23.8 Å². The van der Waals surface area contributed by atoms with Crippen LogP contribution >= 0.6 is 15.9 Å². The van der Waals surface area contributed by atoms with Gasteiger partial charge in [0.25, 0.3) is 5.91 Å². The first-order valence-corrected chi connectivity index (χ1v) is 9.73. The Morgan fingerprint density at radius 3 is 2.08 bits per heavy atom. The zero-order chi connectivity index (χ0) is 18.5. The lowest BCUT2D eigenvalue weighted by Crippen LogP contribution is -2.50. The molecule has 2 heterocycles. The van der Waals surface area contributed by atoms with Gasteiger partial charge in [-0.1, -0.05) is 15.9 Å². The molecule has 0 radical (unpaired) electrons. The summed E-state index contributed by atoms with van der Waals surface area (Å²) in [5.41, 5.74) is 5.42. The molecule has 2 saturated heterocycles. The average Bonchev–Trinajstić information content (AvgIpc) is 3.20. The number of amides is 4. The lowest BCUT2D eigenvalue weighted by atomic mass is 9.96. The number of likely N-dealkylation sites (tertiary alicyclic amines) is 2. The second-order valence-electron chi connectivity index (χ2n) is 6.69. The second kappa shape index (κ2) is 8.53. The maximum absolute atomic E-state index is 12.4. The van der Waals surface area contributed by atoms with E-state index >= 15 is 0 Å². The van der Waals surface area contributed by atoms with Gasteiger partial charge in [0.2, 0.25) is 5.91 Å². The zero-order valence-electron chi connectivity index (χ0n) is 14.5. The van der Waals surface area contributed by atoms with Crippen molar-refractivity contribution in [2.45, 2.75) is 25.7 Å². The highest BCUT2D eigenvalue weighted by Crippen LogP contribution is 2.20. The quantitative estimate of drug-likeness (QED) is 0.716. The van der Waals surface area contributed by atoms with Gasteiger partial charge >= 0.3 is 6.03 Å². The monoisotopic (exact) mass is 422 g/mol. The summed E-state index contributed by atoms with van der Waals surface area (Å²) in [5, 5.41) is 0. The summed E-state index contributed by atoms with van der Waals surface area (Å²) in [6.45, 7) is 2.82. The summed E-state index contributed by atoms with van der Waals surface area (Å²) in [4.78, 5) is 40.4. The molecule has 2 N–H and O–H groups in total. The van der Waals surface area contributed by atoms with Crippen molar-refractivity contribution in [2.24, 2.45) is 5.92 Å². The predicted molar refractivity (Wildman–Crippen MR) is 100 cm³/mol. The molecule has 0 unspecified atom stereocenters. The van der Waals surface area contributed by atoms with Gasteiger partial charge in [-0.3, -0.25) is 20.4 Å². The van der Waals surface area contributed by atoms with E-state index in [9.17, 15) is 14.4 Å². The highest BCUT2D eigenvalue weighted by molar-refractivity contribution is 9.10. The third-order valence-corrected chi connectivity index (χ3v) is 5.45. The Morgan fingerprint density at radius 1 is 0.885 bits per heavy atom. The van der Waals surface area contributed by atoms with E-state index in [4.69, 9.17) is 0 Å². The third-order valence-electron chi connectivity index (χ3n) is 4.92. The molecular formula is C18H23BrN4O3. The lowest BCUT2D eigenvalue weighted by molar-refractivity contribution is -0.127. The molecule has 0 aromatic heterocycles. The topological polar surface area (TPSA) is 81.8 Å². The number of piperidine rings is 1. The first kappa shape index (κ1) is 18.7. The molecule has 2 aliphatic rings. The third kappa shape index (κ3) is 4.55. The summed E-state index contributed by atoms with van der Waals surface area (Å²) in [7, 11) is 0. The molecule has 4 amide bonds. The SMILES string of the molecule is O=C(NNC(=O)C1CCN(C(=O)N2CCCC2)CC1)c1ccc(Br)cc1. The van der Waals surface area contributed by atoms with Crippen molar-refractivity contribution in [1.82, 2.24) is 20.7 Å². The van der Waals surface area contributed by atoms with Crippen LogP contribution in [0.4, 0.5) is 4.79 Å². The van der Waals surface area contributed by atoms with E-state index in [0.717, 1.165) is 30.4 Å². The van der Waals surface area contributed by atoms with E-state index in [1.54, 1.807) is 24.3 Å². The van der Waals surface area contributed by atoms with Crippen LogP contribution in [0.1, 0.15) is 36.0 Å². The minimum atomic E-state index is -0.354. The van der Waals surface area contributed by atoms with Gasteiger partial charge in [0.05, 0.1) is 0 Å². The Hall–Kier alpha value is -2.09. The molecule has 0 atom stereocenters. The molecular weight excluding hydrogens is 400 g/mol. The van der Waals surface area contributed by atoms with Crippen molar-refractivity contribution in [3.05, 3.63) is 34.3 Å². The number of urea groups is 1. The fourth-order valence-electron chi connectivity index (χ4n) is 3.34. The Morgan fingerprint density at radius 2 is 1.46 bits per heavy atom. The van der Waals surface area contributed by atoms with Crippen LogP contribution in [0, 0.1) is 5.92 Å².